The smallest absolute Gasteiger partial charge is 0.253 e. The van der Waals surface area contributed by atoms with E-state index in [0.717, 1.165) is 49.3 Å². The molecule has 0 aliphatic carbocycles. The zero-order valence-electron chi connectivity index (χ0n) is 14.3. The number of amides is 1. The van der Waals surface area contributed by atoms with Gasteiger partial charge in [0.25, 0.3) is 5.91 Å². The first kappa shape index (κ1) is 16.4. The predicted octanol–water partition coefficient (Wildman–Crippen LogP) is 3.06. The number of benzene rings is 1. The second kappa shape index (κ2) is 7.43. The lowest BCUT2D eigenvalue weighted by Crippen LogP contribution is -2.39. The first-order valence-corrected chi connectivity index (χ1v) is 8.52. The molecule has 3 rings (SSSR count). The minimum Gasteiger partial charge on any atom is -0.354 e. The number of aromatic nitrogens is 2. The molecule has 1 saturated heterocycles. The Labute approximate surface area is 143 Å². The summed E-state index contributed by atoms with van der Waals surface area (Å²) >= 11 is 0. The van der Waals surface area contributed by atoms with Gasteiger partial charge in [0.05, 0.1) is 0 Å². The van der Waals surface area contributed by atoms with Crippen LogP contribution >= 0.6 is 0 Å². The Balaban J connectivity index is 1.48. The lowest BCUT2D eigenvalue weighted by atomic mass is 9.96. The van der Waals surface area contributed by atoms with E-state index in [9.17, 15) is 4.79 Å². The fourth-order valence-corrected chi connectivity index (χ4v) is 2.95. The minimum atomic E-state index is 0.138. The van der Waals surface area contributed by atoms with E-state index < -0.39 is 0 Å². The second-order valence-corrected chi connectivity index (χ2v) is 6.44. The standard InChI is InChI=1S/C19H24N4O/c1-14-12-20-19(22-15(14)2)21-13-16-8-10-23(11-9-16)18(24)17-6-4-3-5-7-17/h3-7,12,16H,8-11,13H2,1-2H3,(H,20,21,22). The molecule has 1 N–H and O–H groups in total. The van der Waals surface area contributed by atoms with Crippen molar-refractivity contribution in [1.29, 1.82) is 0 Å². The Bertz CT molecular complexity index is 694. The van der Waals surface area contributed by atoms with Gasteiger partial charge in [0.15, 0.2) is 0 Å². The highest BCUT2D eigenvalue weighted by atomic mass is 16.2. The lowest BCUT2D eigenvalue weighted by Gasteiger charge is -2.32. The molecule has 1 aliphatic heterocycles. The number of carbonyl (C=O) groups is 1. The van der Waals surface area contributed by atoms with Crippen LogP contribution in [0.5, 0.6) is 0 Å². The summed E-state index contributed by atoms with van der Waals surface area (Å²) in [6, 6.07) is 9.52. The SMILES string of the molecule is Cc1cnc(NCC2CCN(C(=O)c3ccccc3)CC2)nc1C. The normalized spacial score (nSPS) is 15.3. The number of likely N-dealkylation sites (tertiary alicyclic amines) is 1. The average Bonchev–Trinajstić information content (AvgIpc) is 2.63. The number of hydrogen-bond donors (Lipinski definition) is 1. The van der Waals surface area contributed by atoms with Crippen molar-refractivity contribution in [1.82, 2.24) is 14.9 Å². The van der Waals surface area contributed by atoms with Gasteiger partial charge < -0.3 is 10.2 Å². The van der Waals surface area contributed by atoms with E-state index in [0.29, 0.717) is 11.9 Å². The summed E-state index contributed by atoms with van der Waals surface area (Å²) in [6.07, 6.45) is 3.87. The topological polar surface area (TPSA) is 58.1 Å². The number of hydrogen-bond acceptors (Lipinski definition) is 4. The number of carbonyl (C=O) groups excluding carboxylic acids is 1. The Hall–Kier alpha value is -2.43. The molecule has 1 amide bonds. The quantitative estimate of drug-likeness (QED) is 0.939. The molecule has 0 bridgehead atoms. The van der Waals surface area contributed by atoms with E-state index in [1.54, 1.807) is 0 Å². The fraction of sp³-hybridized carbons (Fsp3) is 0.421. The number of nitrogens with one attached hydrogen (secondary N) is 1. The molecule has 0 atom stereocenters. The van der Waals surface area contributed by atoms with Crippen molar-refractivity contribution in [3.8, 4) is 0 Å². The molecule has 0 unspecified atom stereocenters. The van der Waals surface area contributed by atoms with Crippen molar-refractivity contribution in [2.24, 2.45) is 5.92 Å². The summed E-state index contributed by atoms with van der Waals surface area (Å²) in [5, 5.41) is 3.33. The van der Waals surface area contributed by atoms with E-state index in [-0.39, 0.29) is 5.91 Å². The van der Waals surface area contributed by atoms with E-state index in [4.69, 9.17) is 0 Å². The molecule has 0 saturated carbocycles. The van der Waals surface area contributed by atoms with Gasteiger partial charge in [-0.2, -0.15) is 0 Å². The van der Waals surface area contributed by atoms with Crippen LogP contribution < -0.4 is 5.32 Å². The van der Waals surface area contributed by atoms with Crippen molar-refractivity contribution < 1.29 is 4.79 Å². The van der Waals surface area contributed by atoms with Gasteiger partial charge in [-0.25, -0.2) is 9.97 Å². The van der Waals surface area contributed by atoms with Crippen LogP contribution in [0.25, 0.3) is 0 Å². The van der Waals surface area contributed by atoms with Crippen molar-refractivity contribution in [3.05, 3.63) is 53.3 Å². The van der Waals surface area contributed by atoms with Crippen LogP contribution in [-0.4, -0.2) is 40.4 Å². The van der Waals surface area contributed by atoms with Gasteiger partial charge in [0, 0.05) is 37.1 Å². The third-order valence-corrected chi connectivity index (χ3v) is 4.70. The third-order valence-electron chi connectivity index (χ3n) is 4.70. The van der Waals surface area contributed by atoms with Gasteiger partial charge >= 0.3 is 0 Å². The van der Waals surface area contributed by atoms with Crippen molar-refractivity contribution in [2.75, 3.05) is 25.0 Å². The first-order valence-electron chi connectivity index (χ1n) is 8.52. The molecule has 0 spiro atoms. The number of piperidine rings is 1. The van der Waals surface area contributed by atoms with E-state index in [1.807, 2.05) is 55.3 Å². The highest BCUT2D eigenvalue weighted by Gasteiger charge is 2.23. The largest absolute Gasteiger partial charge is 0.354 e. The zero-order chi connectivity index (χ0) is 16.9. The molecule has 126 valence electrons. The zero-order valence-corrected chi connectivity index (χ0v) is 14.3. The molecule has 0 radical (unpaired) electrons. The summed E-state index contributed by atoms with van der Waals surface area (Å²) in [6.45, 7) is 6.49. The highest BCUT2D eigenvalue weighted by molar-refractivity contribution is 5.94. The molecule has 2 aromatic rings. The Morgan fingerprint density at radius 3 is 2.58 bits per heavy atom. The van der Waals surface area contributed by atoms with Gasteiger partial charge in [-0.1, -0.05) is 18.2 Å². The molecular weight excluding hydrogens is 300 g/mol. The van der Waals surface area contributed by atoms with Gasteiger partial charge in [0.2, 0.25) is 5.95 Å². The molecule has 1 aliphatic rings. The second-order valence-electron chi connectivity index (χ2n) is 6.44. The third kappa shape index (κ3) is 3.91. The summed E-state index contributed by atoms with van der Waals surface area (Å²) in [5.41, 5.74) is 2.89. The Kier molecular flexibility index (Phi) is 5.08. The molecule has 5 heteroatoms. The average molecular weight is 324 g/mol. The van der Waals surface area contributed by atoms with E-state index in [2.05, 4.69) is 15.3 Å². The summed E-state index contributed by atoms with van der Waals surface area (Å²) in [5.74, 6) is 1.38. The van der Waals surface area contributed by atoms with Crippen LogP contribution in [0.15, 0.2) is 36.5 Å². The Morgan fingerprint density at radius 1 is 1.21 bits per heavy atom. The van der Waals surface area contributed by atoms with Crippen LogP contribution in [0.1, 0.15) is 34.5 Å². The predicted molar refractivity (Wildman–Crippen MR) is 95.1 cm³/mol. The first-order chi connectivity index (χ1) is 11.6. The molecular formula is C19H24N4O. The fourth-order valence-electron chi connectivity index (χ4n) is 2.95. The molecule has 5 nitrogen and oxygen atoms in total. The summed E-state index contributed by atoms with van der Waals surface area (Å²) in [7, 11) is 0. The number of aryl methyl sites for hydroxylation is 2. The number of anilines is 1. The molecule has 1 aromatic heterocycles. The van der Waals surface area contributed by atoms with Crippen molar-refractivity contribution in [2.45, 2.75) is 26.7 Å². The van der Waals surface area contributed by atoms with E-state index >= 15 is 0 Å². The van der Waals surface area contributed by atoms with Crippen molar-refractivity contribution in [3.63, 3.8) is 0 Å². The van der Waals surface area contributed by atoms with Crippen molar-refractivity contribution >= 4 is 11.9 Å². The summed E-state index contributed by atoms with van der Waals surface area (Å²) in [4.78, 5) is 23.2. The van der Waals surface area contributed by atoms with Gasteiger partial charge in [-0.05, 0) is 50.3 Å². The molecule has 24 heavy (non-hydrogen) atoms. The summed E-state index contributed by atoms with van der Waals surface area (Å²) < 4.78 is 0. The number of rotatable bonds is 4. The monoisotopic (exact) mass is 324 g/mol. The van der Waals surface area contributed by atoms with Gasteiger partial charge in [-0.3, -0.25) is 4.79 Å². The van der Waals surface area contributed by atoms with Crippen LogP contribution in [0.4, 0.5) is 5.95 Å². The molecule has 1 aromatic carbocycles. The van der Waals surface area contributed by atoms with Gasteiger partial charge in [-0.15, -0.1) is 0 Å². The van der Waals surface area contributed by atoms with Crippen LogP contribution in [0.2, 0.25) is 0 Å². The lowest BCUT2D eigenvalue weighted by molar-refractivity contribution is 0.0695. The van der Waals surface area contributed by atoms with Crippen LogP contribution in [0.3, 0.4) is 0 Å². The minimum absolute atomic E-state index is 0.138. The maximum Gasteiger partial charge on any atom is 0.253 e. The molecule has 1 fully saturated rings. The van der Waals surface area contributed by atoms with Crippen LogP contribution in [0, 0.1) is 19.8 Å². The maximum atomic E-state index is 12.4. The maximum absolute atomic E-state index is 12.4. The number of nitrogens with zero attached hydrogens (tertiary/aromatic N) is 3. The molecule has 2 heterocycles. The Morgan fingerprint density at radius 2 is 1.92 bits per heavy atom. The van der Waals surface area contributed by atoms with E-state index in [1.165, 1.54) is 0 Å². The van der Waals surface area contributed by atoms with Gasteiger partial charge in [0.1, 0.15) is 0 Å². The van der Waals surface area contributed by atoms with Crippen LogP contribution in [-0.2, 0) is 0 Å². The highest BCUT2D eigenvalue weighted by Crippen LogP contribution is 2.19.